The maximum atomic E-state index is 13.1. The predicted molar refractivity (Wildman–Crippen MR) is 51.2 cm³/mol. The molecular weight excluding hydrogens is 153 g/mol. The molecule has 1 nitrogen and oxygen atoms in total. The van der Waals surface area contributed by atoms with Crippen molar-refractivity contribution in [1.29, 1.82) is 0 Å². The summed E-state index contributed by atoms with van der Waals surface area (Å²) in [6.45, 7) is 7.77. The fraction of sp³-hybridized carbons (Fsp3) is 0.400. The van der Waals surface area contributed by atoms with E-state index in [9.17, 15) is 4.48 Å². The highest BCUT2D eigenvalue weighted by molar-refractivity contribution is 5.19. The van der Waals surface area contributed by atoms with Crippen LogP contribution in [-0.2, 0) is 0 Å². The van der Waals surface area contributed by atoms with Crippen molar-refractivity contribution in [3.8, 4) is 0 Å². The van der Waals surface area contributed by atoms with Crippen molar-refractivity contribution in [2.45, 2.75) is 20.3 Å². The van der Waals surface area contributed by atoms with Crippen LogP contribution >= 0.6 is 0 Å². The van der Waals surface area contributed by atoms with Crippen LogP contribution in [0.1, 0.15) is 20.3 Å². The molecule has 0 aromatic rings. The topological polar surface area (TPSA) is 3.24 Å². The molecule has 0 heterocycles. The number of rotatable bonds is 5. The molecule has 0 amide bonds. The number of hydrogen-bond donors (Lipinski definition) is 0. The average molecular weight is 169 g/mol. The molecule has 2 heteroatoms. The van der Waals surface area contributed by atoms with Crippen LogP contribution in [0.3, 0.4) is 0 Å². The zero-order chi connectivity index (χ0) is 9.40. The molecule has 0 atom stereocenters. The van der Waals surface area contributed by atoms with Crippen LogP contribution in [0.15, 0.2) is 36.6 Å². The molecule has 0 spiro atoms. The second-order valence-electron chi connectivity index (χ2n) is 2.41. The third kappa shape index (κ3) is 3.96. The zero-order valence-corrected chi connectivity index (χ0v) is 7.76. The van der Waals surface area contributed by atoms with Gasteiger partial charge < -0.3 is 0 Å². The summed E-state index contributed by atoms with van der Waals surface area (Å²) in [4.78, 5) is 0. The number of nitrogens with zero attached hydrogens (tertiary/aromatic N) is 1. The van der Waals surface area contributed by atoms with E-state index in [4.69, 9.17) is 0 Å². The van der Waals surface area contributed by atoms with Crippen molar-refractivity contribution in [3.63, 3.8) is 0 Å². The van der Waals surface area contributed by atoms with E-state index in [1.807, 2.05) is 19.9 Å². The Bertz CT molecular complexity index is 182. The van der Waals surface area contributed by atoms with E-state index in [0.29, 0.717) is 17.4 Å². The van der Waals surface area contributed by atoms with Crippen molar-refractivity contribution in [2.75, 3.05) is 6.54 Å². The molecular formula is C10H16FN. The molecule has 0 rings (SSSR count). The summed E-state index contributed by atoms with van der Waals surface area (Å²) < 4.78 is 13.1. The van der Waals surface area contributed by atoms with Crippen LogP contribution < -0.4 is 0 Å². The van der Waals surface area contributed by atoms with E-state index in [2.05, 4.69) is 6.58 Å². The summed E-state index contributed by atoms with van der Waals surface area (Å²) >= 11 is 0. The Morgan fingerprint density at radius 1 is 1.58 bits per heavy atom. The SMILES string of the molecule is C=C/C(=C\C=C/C)N(F)CCC. The average Bonchev–Trinajstić information content (AvgIpc) is 2.06. The van der Waals surface area contributed by atoms with E-state index in [-0.39, 0.29) is 0 Å². The van der Waals surface area contributed by atoms with E-state index < -0.39 is 0 Å². The maximum Gasteiger partial charge on any atom is 0.0681 e. The summed E-state index contributed by atoms with van der Waals surface area (Å²) in [6, 6.07) is 0. The Morgan fingerprint density at radius 3 is 2.67 bits per heavy atom. The van der Waals surface area contributed by atoms with Gasteiger partial charge in [-0.15, -0.1) is 0 Å². The van der Waals surface area contributed by atoms with Gasteiger partial charge in [0.05, 0.1) is 12.2 Å². The predicted octanol–water partition coefficient (Wildman–Crippen LogP) is 3.23. The van der Waals surface area contributed by atoms with Gasteiger partial charge >= 0.3 is 0 Å². The molecule has 12 heavy (non-hydrogen) atoms. The summed E-state index contributed by atoms with van der Waals surface area (Å²) in [7, 11) is 0. The molecule has 68 valence electrons. The minimum absolute atomic E-state index is 0.412. The summed E-state index contributed by atoms with van der Waals surface area (Å²) in [6.07, 6.45) is 7.64. The van der Waals surface area contributed by atoms with Gasteiger partial charge in [-0.3, -0.25) is 0 Å². The number of hydrogen-bond acceptors (Lipinski definition) is 1. The van der Waals surface area contributed by atoms with Crippen LogP contribution in [0, 0.1) is 0 Å². The Labute approximate surface area is 73.8 Å². The van der Waals surface area contributed by atoms with Crippen molar-refractivity contribution >= 4 is 0 Å². The first-order chi connectivity index (χ1) is 5.76. The van der Waals surface area contributed by atoms with E-state index in [1.54, 1.807) is 12.2 Å². The first-order valence-corrected chi connectivity index (χ1v) is 4.15. The summed E-state index contributed by atoms with van der Waals surface area (Å²) in [5, 5.41) is 0.701. The Kier molecular flexibility index (Phi) is 6.07. The van der Waals surface area contributed by atoms with Gasteiger partial charge in [-0.25, -0.2) is 5.12 Å². The smallest absolute Gasteiger partial charge is 0.0681 e. The van der Waals surface area contributed by atoms with Gasteiger partial charge in [0.15, 0.2) is 0 Å². The third-order valence-electron chi connectivity index (χ3n) is 1.37. The molecule has 0 radical (unpaired) electrons. The van der Waals surface area contributed by atoms with Crippen LogP contribution in [0.25, 0.3) is 0 Å². The van der Waals surface area contributed by atoms with Gasteiger partial charge in [-0.1, -0.05) is 30.1 Å². The van der Waals surface area contributed by atoms with E-state index in [0.717, 1.165) is 6.42 Å². The van der Waals surface area contributed by atoms with Crippen LogP contribution in [0.4, 0.5) is 4.48 Å². The summed E-state index contributed by atoms with van der Waals surface area (Å²) in [5.41, 5.74) is 0.509. The lowest BCUT2D eigenvalue weighted by atomic mass is 10.3. The van der Waals surface area contributed by atoms with Crippen molar-refractivity contribution in [1.82, 2.24) is 5.12 Å². The molecule has 0 aliphatic rings. The van der Waals surface area contributed by atoms with E-state index in [1.165, 1.54) is 6.08 Å². The Balaban J connectivity index is 4.22. The molecule has 0 aliphatic heterocycles. The number of allylic oxidation sites excluding steroid dienone is 4. The fourth-order valence-corrected chi connectivity index (χ4v) is 0.768. The van der Waals surface area contributed by atoms with Gasteiger partial charge in [0, 0.05) is 0 Å². The molecule has 0 unspecified atom stereocenters. The normalized spacial score (nSPS) is 12.1. The highest BCUT2D eigenvalue weighted by atomic mass is 19.2. The molecule has 0 bridgehead atoms. The molecule has 0 saturated heterocycles. The monoisotopic (exact) mass is 169 g/mol. The van der Waals surface area contributed by atoms with Crippen LogP contribution in [-0.4, -0.2) is 11.7 Å². The molecule has 0 N–H and O–H groups in total. The quantitative estimate of drug-likeness (QED) is 0.451. The van der Waals surface area contributed by atoms with Crippen molar-refractivity contribution < 1.29 is 4.48 Å². The maximum absolute atomic E-state index is 13.1. The zero-order valence-electron chi connectivity index (χ0n) is 7.76. The second kappa shape index (κ2) is 6.65. The molecule has 0 aliphatic carbocycles. The highest BCUT2D eigenvalue weighted by Gasteiger charge is 2.00. The molecule has 0 saturated carbocycles. The minimum atomic E-state index is 0.412. The Hall–Kier alpha value is -1.05. The highest BCUT2D eigenvalue weighted by Crippen LogP contribution is 2.06. The third-order valence-corrected chi connectivity index (χ3v) is 1.37. The first kappa shape index (κ1) is 11.0. The lowest BCUT2D eigenvalue weighted by molar-refractivity contribution is 0.0764. The number of halogens is 1. The van der Waals surface area contributed by atoms with Gasteiger partial charge in [0.25, 0.3) is 0 Å². The van der Waals surface area contributed by atoms with Gasteiger partial charge in [0.2, 0.25) is 0 Å². The van der Waals surface area contributed by atoms with Gasteiger partial charge in [0.1, 0.15) is 0 Å². The minimum Gasteiger partial charge on any atom is -0.212 e. The molecule has 0 aromatic heterocycles. The van der Waals surface area contributed by atoms with E-state index >= 15 is 0 Å². The van der Waals surface area contributed by atoms with Gasteiger partial charge in [-0.2, -0.15) is 0 Å². The van der Waals surface area contributed by atoms with Crippen LogP contribution in [0.2, 0.25) is 0 Å². The van der Waals surface area contributed by atoms with Gasteiger partial charge in [-0.05, 0) is 25.5 Å². The lowest BCUT2D eigenvalue weighted by Crippen LogP contribution is -2.11. The lowest BCUT2D eigenvalue weighted by Gasteiger charge is -2.12. The first-order valence-electron chi connectivity index (χ1n) is 4.15. The molecule has 0 fully saturated rings. The van der Waals surface area contributed by atoms with Crippen molar-refractivity contribution in [2.24, 2.45) is 0 Å². The largest absolute Gasteiger partial charge is 0.212 e. The summed E-state index contributed by atoms with van der Waals surface area (Å²) in [5.74, 6) is 0. The van der Waals surface area contributed by atoms with Crippen molar-refractivity contribution in [3.05, 3.63) is 36.6 Å². The second-order valence-corrected chi connectivity index (χ2v) is 2.41. The van der Waals surface area contributed by atoms with Crippen LogP contribution in [0.5, 0.6) is 0 Å². The fourth-order valence-electron chi connectivity index (χ4n) is 0.768. The Morgan fingerprint density at radius 2 is 2.25 bits per heavy atom. The standard InChI is InChI=1S/C10H16FN/c1-4-7-8-10(6-3)12(11)9-5-2/h4,6-8H,3,5,9H2,1-2H3/b7-4-,10-8+. The molecule has 0 aromatic carbocycles.